The molecule has 8 heteroatoms. The van der Waals surface area contributed by atoms with Crippen molar-refractivity contribution in [3.05, 3.63) is 26.5 Å². The largest absolute Gasteiger partial charge is 0.464 e. The van der Waals surface area contributed by atoms with Gasteiger partial charge in [0.15, 0.2) is 0 Å². The van der Waals surface area contributed by atoms with E-state index in [0.29, 0.717) is 37.7 Å². The average Bonchev–Trinajstić information content (AvgIpc) is 2.56. The monoisotopic (exact) mass is 367 g/mol. The highest BCUT2D eigenvalue weighted by atomic mass is 16.5. The standard InChI is InChI=1S/C18H29N3O5/c1-11(2)10-26-17(23)14(12(3)4)21-16(22)15(13(5)19-18(21)24)20-6-8-25-9-7-20/h11-12,14H,6-10H2,1-5H3,(H,19,24)/t14-/m0/s1. The van der Waals surface area contributed by atoms with Crippen LogP contribution in [0.1, 0.15) is 39.4 Å². The Balaban J connectivity index is 2.50. The van der Waals surface area contributed by atoms with Crippen LogP contribution in [0.4, 0.5) is 5.69 Å². The number of H-pyrrole nitrogens is 1. The fourth-order valence-electron chi connectivity index (χ4n) is 3.07. The highest BCUT2D eigenvalue weighted by Crippen LogP contribution is 2.19. The number of carbonyl (C=O) groups is 1. The summed E-state index contributed by atoms with van der Waals surface area (Å²) < 4.78 is 11.7. The Morgan fingerprint density at radius 3 is 2.35 bits per heavy atom. The maximum Gasteiger partial charge on any atom is 0.329 e. The summed E-state index contributed by atoms with van der Waals surface area (Å²) in [6.45, 7) is 11.5. The van der Waals surface area contributed by atoms with Crippen LogP contribution in [0.2, 0.25) is 0 Å². The number of morpholine rings is 1. The maximum atomic E-state index is 13.2. The number of rotatable bonds is 6. The zero-order valence-corrected chi connectivity index (χ0v) is 16.2. The first kappa shape index (κ1) is 20.2. The lowest BCUT2D eigenvalue weighted by atomic mass is 10.0. The Morgan fingerprint density at radius 1 is 1.19 bits per heavy atom. The van der Waals surface area contributed by atoms with Gasteiger partial charge in [0, 0.05) is 18.8 Å². The molecular formula is C18H29N3O5. The number of anilines is 1. The van der Waals surface area contributed by atoms with Crippen LogP contribution < -0.4 is 16.1 Å². The van der Waals surface area contributed by atoms with E-state index in [1.54, 1.807) is 20.8 Å². The first-order valence-electron chi connectivity index (χ1n) is 9.08. The number of aryl methyl sites for hydroxylation is 1. The fraction of sp³-hybridized carbons (Fsp3) is 0.722. The number of ether oxygens (including phenoxy) is 2. The third-order valence-corrected chi connectivity index (χ3v) is 4.33. The van der Waals surface area contributed by atoms with Gasteiger partial charge in [0.25, 0.3) is 5.56 Å². The number of hydrogen-bond donors (Lipinski definition) is 1. The highest BCUT2D eigenvalue weighted by molar-refractivity contribution is 5.74. The molecule has 1 N–H and O–H groups in total. The molecule has 1 aliphatic rings. The van der Waals surface area contributed by atoms with E-state index in [4.69, 9.17) is 9.47 Å². The summed E-state index contributed by atoms with van der Waals surface area (Å²) in [5.74, 6) is -0.657. The van der Waals surface area contributed by atoms with Crippen molar-refractivity contribution in [2.24, 2.45) is 11.8 Å². The van der Waals surface area contributed by atoms with Crippen molar-refractivity contribution in [2.75, 3.05) is 37.8 Å². The molecule has 0 saturated carbocycles. The molecule has 0 radical (unpaired) electrons. The van der Waals surface area contributed by atoms with Crippen LogP contribution in [-0.2, 0) is 14.3 Å². The van der Waals surface area contributed by atoms with Crippen molar-refractivity contribution in [1.82, 2.24) is 9.55 Å². The zero-order valence-electron chi connectivity index (χ0n) is 16.2. The Hall–Kier alpha value is -2.09. The summed E-state index contributed by atoms with van der Waals surface area (Å²) in [4.78, 5) is 42.9. The van der Waals surface area contributed by atoms with Crippen molar-refractivity contribution >= 4 is 11.7 Å². The predicted molar refractivity (Wildman–Crippen MR) is 98.8 cm³/mol. The van der Waals surface area contributed by atoms with Crippen LogP contribution in [0.5, 0.6) is 0 Å². The van der Waals surface area contributed by atoms with Gasteiger partial charge in [-0.15, -0.1) is 0 Å². The van der Waals surface area contributed by atoms with Crippen molar-refractivity contribution in [3.8, 4) is 0 Å². The summed E-state index contributed by atoms with van der Waals surface area (Å²) >= 11 is 0. The molecule has 0 amide bonds. The number of esters is 1. The van der Waals surface area contributed by atoms with Crippen LogP contribution in [-0.4, -0.2) is 48.4 Å². The van der Waals surface area contributed by atoms with Crippen molar-refractivity contribution in [3.63, 3.8) is 0 Å². The molecule has 1 saturated heterocycles. The van der Waals surface area contributed by atoms with Crippen molar-refractivity contribution < 1.29 is 14.3 Å². The second-order valence-corrected chi connectivity index (χ2v) is 7.39. The quantitative estimate of drug-likeness (QED) is 0.756. The van der Waals surface area contributed by atoms with Gasteiger partial charge in [-0.25, -0.2) is 14.2 Å². The van der Waals surface area contributed by atoms with E-state index in [0.717, 1.165) is 4.57 Å². The molecule has 8 nitrogen and oxygen atoms in total. The normalized spacial score (nSPS) is 16.2. The Morgan fingerprint density at radius 2 is 1.81 bits per heavy atom. The topological polar surface area (TPSA) is 93.6 Å². The van der Waals surface area contributed by atoms with E-state index in [1.165, 1.54) is 0 Å². The molecule has 1 aromatic heterocycles. The lowest BCUT2D eigenvalue weighted by Gasteiger charge is -2.30. The van der Waals surface area contributed by atoms with E-state index in [9.17, 15) is 14.4 Å². The van der Waals surface area contributed by atoms with Crippen molar-refractivity contribution in [2.45, 2.75) is 40.7 Å². The van der Waals surface area contributed by atoms with Crippen LogP contribution in [0.15, 0.2) is 9.59 Å². The Bertz CT molecular complexity index is 744. The number of nitrogens with zero attached hydrogens (tertiary/aromatic N) is 2. The SMILES string of the molecule is Cc1[nH]c(=O)n([C@H](C(=O)OCC(C)C)C(C)C)c(=O)c1N1CCOCC1. The highest BCUT2D eigenvalue weighted by Gasteiger charge is 2.31. The van der Waals surface area contributed by atoms with Crippen LogP contribution in [0, 0.1) is 18.8 Å². The van der Waals surface area contributed by atoms with Gasteiger partial charge < -0.3 is 19.4 Å². The Labute approximate surface area is 153 Å². The molecule has 1 fully saturated rings. The first-order chi connectivity index (χ1) is 12.2. The second kappa shape index (κ2) is 8.53. The van der Waals surface area contributed by atoms with Gasteiger partial charge in [-0.05, 0) is 18.8 Å². The summed E-state index contributed by atoms with van der Waals surface area (Å²) in [6, 6.07) is -0.967. The molecule has 1 aliphatic heterocycles. The molecule has 26 heavy (non-hydrogen) atoms. The average molecular weight is 367 g/mol. The van der Waals surface area contributed by atoms with Gasteiger partial charge in [-0.1, -0.05) is 27.7 Å². The molecule has 2 rings (SSSR count). The lowest BCUT2D eigenvalue weighted by molar-refractivity contribution is -0.150. The van der Waals surface area contributed by atoms with Gasteiger partial charge in [-0.3, -0.25) is 4.79 Å². The maximum absolute atomic E-state index is 13.2. The molecule has 2 heterocycles. The van der Waals surface area contributed by atoms with E-state index < -0.39 is 23.3 Å². The number of aromatic nitrogens is 2. The Kier molecular flexibility index (Phi) is 6.63. The van der Waals surface area contributed by atoms with Crippen LogP contribution >= 0.6 is 0 Å². The van der Waals surface area contributed by atoms with Gasteiger partial charge in [0.1, 0.15) is 11.7 Å². The number of hydrogen-bond acceptors (Lipinski definition) is 6. The third-order valence-electron chi connectivity index (χ3n) is 4.33. The van der Waals surface area contributed by atoms with Gasteiger partial charge in [-0.2, -0.15) is 0 Å². The molecule has 1 atom stereocenters. The van der Waals surface area contributed by atoms with Crippen molar-refractivity contribution in [1.29, 1.82) is 0 Å². The van der Waals surface area contributed by atoms with Gasteiger partial charge >= 0.3 is 11.7 Å². The van der Waals surface area contributed by atoms with Gasteiger partial charge in [0.05, 0.1) is 19.8 Å². The molecular weight excluding hydrogens is 338 g/mol. The minimum absolute atomic E-state index is 0.170. The first-order valence-corrected chi connectivity index (χ1v) is 9.08. The van der Waals surface area contributed by atoms with E-state index in [2.05, 4.69) is 4.98 Å². The third kappa shape index (κ3) is 4.35. The molecule has 146 valence electrons. The summed E-state index contributed by atoms with van der Waals surface area (Å²) in [5.41, 5.74) is -0.149. The van der Waals surface area contributed by atoms with E-state index in [1.807, 2.05) is 18.7 Å². The number of nitrogens with one attached hydrogen (secondary N) is 1. The number of carbonyl (C=O) groups excluding carboxylic acids is 1. The minimum atomic E-state index is -0.967. The number of aromatic amines is 1. The molecule has 0 bridgehead atoms. The fourth-order valence-corrected chi connectivity index (χ4v) is 3.07. The van der Waals surface area contributed by atoms with Gasteiger partial charge in [0.2, 0.25) is 0 Å². The minimum Gasteiger partial charge on any atom is -0.464 e. The van der Waals surface area contributed by atoms with E-state index >= 15 is 0 Å². The lowest BCUT2D eigenvalue weighted by Crippen LogP contribution is -2.48. The molecule has 1 aromatic rings. The molecule has 0 aliphatic carbocycles. The van der Waals surface area contributed by atoms with Crippen LogP contribution in [0.3, 0.4) is 0 Å². The summed E-state index contributed by atoms with van der Waals surface area (Å²) in [6.07, 6.45) is 0. The smallest absolute Gasteiger partial charge is 0.329 e. The van der Waals surface area contributed by atoms with E-state index in [-0.39, 0.29) is 18.4 Å². The molecule has 0 spiro atoms. The molecule has 0 unspecified atom stereocenters. The summed E-state index contributed by atoms with van der Waals surface area (Å²) in [5, 5.41) is 0. The summed E-state index contributed by atoms with van der Waals surface area (Å²) in [7, 11) is 0. The predicted octanol–water partition coefficient (Wildman–Crippen LogP) is 1.08. The zero-order chi connectivity index (χ0) is 19.4. The second-order valence-electron chi connectivity index (χ2n) is 7.39. The van der Waals surface area contributed by atoms with Crippen LogP contribution in [0.25, 0.3) is 0 Å². The molecule has 0 aromatic carbocycles.